The number of fused-ring (bicyclic) bond motifs is 1. The summed E-state index contributed by atoms with van der Waals surface area (Å²) in [4.78, 5) is 6.84. The maximum Gasteiger partial charge on any atom is 0.136 e. The van der Waals surface area contributed by atoms with Crippen LogP contribution in [0.1, 0.15) is 6.92 Å². The molecule has 1 aromatic heterocycles. The molecule has 0 spiro atoms. The van der Waals surface area contributed by atoms with Crippen molar-refractivity contribution < 1.29 is 9.47 Å². The van der Waals surface area contributed by atoms with E-state index in [0.29, 0.717) is 6.54 Å². The fourth-order valence-corrected chi connectivity index (χ4v) is 2.86. The smallest absolute Gasteiger partial charge is 0.136 e. The SMILES string of the molecule is COc1ccc2ccnc(N3CC(C)OC(CN)C3)c2c1. The Morgan fingerprint density at radius 2 is 2.24 bits per heavy atom. The van der Waals surface area contributed by atoms with E-state index < -0.39 is 0 Å². The Kier molecular flexibility index (Phi) is 3.94. The number of benzene rings is 1. The highest BCUT2D eigenvalue weighted by molar-refractivity contribution is 5.93. The number of hydrogen-bond donors (Lipinski definition) is 1. The first kappa shape index (κ1) is 14.1. The zero-order valence-electron chi connectivity index (χ0n) is 12.5. The van der Waals surface area contributed by atoms with Crippen molar-refractivity contribution in [3.63, 3.8) is 0 Å². The van der Waals surface area contributed by atoms with Crippen molar-refractivity contribution in [1.29, 1.82) is 0 Å². The normalized spacial score (nSPS) is 22.5. The van der Waals surface area contributed by atoms with E-state index in [0.717, 1.165) is 35.4 Å². The summed E-state index contributed by atoms with van der Waals surface area (Å²) in [7, 11) is 1.68. The highest BCUT2D eigenvalue weighted by atomic mass is 16.5. The Balaban J connectivity index is 2.02. The highest BCUT2D eigenvalue weighted by Gasteiger charge is 2.26. The number of methoxy groups -OCH3 is 1. The topological polar surface area (TPSA) is 60.6 Å². The standard InChI is InChI=1S/C16H21N3O2/c1-11-9-19(10-14(8-17)21-11)16-15-7-13(20-2)4-3-12(15)5-6-18-16/h3-7,11,14H,8-10,17H2,1-2H3. The summed E-state index contributed by atoms with van der Waals surface area (Å²) in [5.41, 5.74) is 5.77. The summed E-state index contributed by atoms with van der Waals surface area (Å²) in [6, 6.07) is 8.08. The summed E-state index contributed by atoms with van der Waals surface area (Å²) >= 11 is 0. The fraction of sp³-hybridized carbons (Fsp3) is 0.438. The minimum absolute atomic E-state index is 0.0522. The summed E-state index contributed by atoms with van der Waals surface area (Å²) in [5.74, 6) is 1.81. The third-order valence-electron chi connectivity index (χ3n) is 3.84. The van der Waals surface area contributed by atoms with Crippen LogP contribution in [-0.4, -0.2) is 43.9 Å². The van der Waals surface area contributed by atoms with Gasteiger partial charge in [-0.1, -0.05) is 6.07 Å². The van der Waals surface area contributed by atoms with Crippen molar-refractivity contribution in [2.24, 2.45) is 5.73 Å². The fourth-order valence-electron chi connectivity index (χ4n) is 2.86. The van der Waals surface area contributed by atoms with E-state index in [1.54, 1.807) is 7.11 Å². The molecule has 1 fully saturated rings. The van der Waals surface area contributed by atoms with Gasteiger partial charge in [0.05, 0.1) is 19.3 Å². The second kappa shape index (κ2) is 5.87. The first-order valence-electron chi connectivity index (χ1n) is 7.24. The third kappa shape index (κ3) is 2.80. The van der Waals surface area contributed by atoms with Crippen molar-refractivity contribution in [2.75, 3.05) is 31.6 Å². The van der Waals surface area contributed by atoms with Gasteiger partial charge in [-0.15, -0.1) is 0 Å². The largest absolute Gasteiger partial charge is 0.497 e. The van der Waals surface area contributed by atoms with Crippen LogP contribution >= 0.6 is 0 Å². The van der Waals surface area contributed by atoms with Crippen LogP contribution in [0, 0.1) is 0 Å². The highest BCUT2D eigenvalue weighted by Crippen LogP contribution is 2.29. The molecule has 5 nitrogen and oxygen atoms in total. The number of anilines is 1. The lowest BCUT2D eigenvalue weighted by molar-refractivity contribution is -0.0106. The molecule has 3 rings (SSSR count). The van der Waals surface area contributed by atoms with Crippen LogP contribution in [0.5, 0.6) is 5.75 Å². The van der Waals surface area contributed by atoms with Gasteiger partial charge in [-0.2, -0.15) is 0 Å². The predicted molar refractivity (Wildman–Crippen MR) is 83.9 cm³/mol. The molecule has 1 aliphatic heterocycles. The first-order valence-corrected chi connectivity index (χ1v) is 7.24. The molecule has 2 N–H and O–H groups in total. The van der Waals surface area contributed by atoms with Crippen molar-refractivity contribution in [3.05, 3.63) is 30.5 Å². The molecule has 0 radical (unpaired) electrons. The Hall–Kier alpha value is -1.85. The van der Waals surface area contributed by atoms with E-state index in [4.69, 9.17) is 15.2 Å². The molecule has 2 aromatic rings. The summed E-state index contributed by atoms with van der Waals surface area (Å²) in [5, 5.41) is 2.26. The molecular formula is C16H21N3O2. The summed E-state index contributed by atoms with van der Waals surface area (Å²) < 4.78 is 11.2. The van der Waals surface area contributed by atoms with Crippen LogP contribution in [0.15, 0.2) is 30.5 Å². The Morgan fingerprint density at radius 1 is 1.38 bits per heavy atom. The Bertz CT molecular complexity index is 632. The molecule has 0 amide bonds. The van der Waals surface area contributed by atoms with Gasteiger partial charge in [0.15, 0.2) is 0 Å². The average Bonchev–Trinajstić information content (AvgIpc) is 2.53. The number of pyridine rings is 1. The van der Waals surface area contributed by atoms with E-state index in [9.17, 15) is 0 Å². The van der Waals surface area contributed by atoms with Crippen LogP contribution < -0.4 is 15.4 Å². The van der Waals surface area contributed by atoms with Gasteiger partial charge >= 0.3 is 0 Å². The molecule has 2 unspecified atom stereocenters. The summed E-state index contributed by atoms with van der Waals surface area (Å²) in [6.07, 6.45) is 2.05. The second-order valence-electron chi connectivity index (χ2n) is 5.43. The van der Waals surface area contributed by atoms with Crippen LogP contribution in [0.2, 0.25) is 0 Å². The lowest BCUT2D eigenvalue weighted by Gasteiger charge is -2.37. The number of rotatable bonds is 3. The molecule has 112 valence electrons. The van der Waals surface area contributed by atoms with Crippen molar-refractivity contribution >= 4 is 16.6 Å². The van der Waals surface area contributed by atoms with E-state index >= 15 is 0 Å². The Morgan fingerprint density at radius 3 is 3.00 bits per heavy atom. The monoisotopic (exact) mass is 287 g/mol. The molecule has 1 aromatic carbocycles. The van der Waals surface area contributed by atoms with Gasteiger partial charge in [-0.05, 0) is 30.5 Å². The maximum atomic E-state index is 5.82. The van der Waals surface area contributed by atoms with Crippen LogP contribution in [0.4, 0.5) is 5.82 Å². The van der Waals surface area contributed by atoms with Crippen LogP contribution in [0.25, 0.3) is 10.8 Å². The number of hydrogen-bond acceptors (Lipinski definition) is 5. The van der Waals surface area contributed by atoms with Gasteiger partial charge in [0.1, 0.15) is 11.6 Å². The zero-order valence-corrected chi connectivity index (χ0v) is 12.5. The van der Waals surface area contributed by atoms with Crippen molar-refractivity contribution in [2.45, 2.75) is 19.1 Å². The van der Waals surface area contributed by atoms with Crippen LogP contribution in [0.3, 0.4) is 0 Å². The van der Waals surface area contributed by atoms with Gasteiger partial charge in [0.25, 0.3) is 0 Å². The lowest BCUT2D eigenvalue weighted by atomic mass is 10.1. The molecule has 2 heterocycles. The van der Waals surface area contributed by atoms with E-state index in [1.165, 1.54) is 0 Å². The van der Waals surface area contributed by atoms with Gasteiger partial charge in [-0.3, -0.25) is 0 Å². The molecular weight excluding hydrogens is 266 g/mol. The lowest BCUT2D eigenvalue weighted by Crippen LogP contribution is -2.49. The van der Waals surface area contributed by atoms with Crippen LogP contribution in [-0.2, 0) is 4.74 Å². The minimum Gasteiger partial charge on any atom is -0.497 e. The number of aromatic nitrogens is 1. The zero-order chi connectivity index (χ0) is 14.8. The molecule has 1 saturated heterocycles. The third-order valence-corrected chi connectivity index (χ3v) is 3.84. The Labute approximate surface area is 124 Å². The number of morpholine rings is 1. The molecule has 0 saturated carbocycles. The number of nitrogens with two attached hydrogens (primary N) is 1. The summed E-state index contributed by atoms with van der Waals surface area (Å²) in [6.45, 7) is 4.18. The van der Waals surface area contributed by atoms with Crippen molar-refractivity contribution in [1.82, 2.24) is 4.98 Å². The molecule has 0 bridgehead atoms. The molecule has 5 heteroatoms. The quantitative estimate of drug-likeness (QED) is 0.932. The van der Waals surface area contributed by atoms with Gasteiger partial charge in [0, 0.05) is 31.2 Å². The molecule has 21 heavy (non-hydrogen) atoms. The minimum atomic E-state index is 0.0522. The number of nitrogens with zero attached hydrogens (tertiary/aromatic N) is 2. The van der Waals surface area contributed by atoms with E-state index in [2.05, 4.69) is 22.9 Å². The van der Waals surface area contributed by atoms with Gasteiger partial charge < -0.3 is 20.1 Å². The van der Waals surface area contributed by atoms with E-state index in [1.807, 2.05) is 24.4 Å². The maximum absolute atomic E-state index is 5.82. The van der Waals surface area contributed by atoms with Gasteiger partial charge in [0.2, 0.25) is 0 Å². The first-order chi connectivity index (χ1) is 10.2. The van der Waals surface area contributed by atoms with Gasteiger partial charge in [-0.25, -0.2) is 4.98 Å². The average molecular weight is 287 g/mol. The molecule has 0 aliphatic carbocycles. The van der Waals surface area contributed by atoms with Crippen molar-refractivity contribution in [3.8, 4) is 5.75 Å². The number of ether oxygens (including phenoxy) is 2. The molecule has 2 atom stereocenters. The predicted octanol–water partition coefficient (Wildman–Crippen LogP) is 1.80. The molecule has 1 aliphatic rings. The second-order valence-corrected chi connectivity index (χ2v) is 5.43. The van der Waals surface area contributed by atoms with E-state index in [-0.39, 0.29) is 12.2 Å².